The van der Waals surface area contributed by atoms with Crippen molar-refractivity contribution >= 4 is 6.29 Å². The second kappa shape index (κ2) is 2.86. The standard InChI is InChI=1S/C11H20O/c1-10(2)5-9(6-10)7-11(3,4)8-12/h8-9H,5-7H2,1-4H3. The molecule has 0 aliphatic heterocycles. The van der Waals surface area contributed by atoms with E-state index in [1.54, 1.807) is 0 Å². The van der Waals surface area contributed by atoms with Crippen molar-refractivity contribution in [3.05, 3.63) is 0 Å². The smallest absolute Gasteiger partial charge is 0.125 e. The van der Waals surface area contributed by atoms with Gasteiger partial charge in [0.15, 0.2) is 0 Å². The first kappa shape index (κ1) is 9.76. The van der Waals surface area contributed by atoms with Crippen molar-refractivity contribution in [2.24, 2.45) is 16.7 Å². The van der Waals surface area contributed by atoms with Gasteiger partial charge in [0.05, 0.1) is 0 Å². The molecule has 70 valence electrons. The van der Waals surface area contributed by atoms with Crippen molar-refractivity contribution < 1.29 is 4.79 Å². The summed E-state index contributed by atoms with van der Waals surface area (Å²) in [6.07, 6.45) is 4.76. The van der Waals surface area contributed by atoms with Gasteiger partial charge in [-0.1, -0.05) is 27.7 Å². The first-order chi connectivity index (χ1) is 5.35. The van der Waals surface area contributed by atoms with Crippen LogP contribution in [0.1, 0.15) is 47.0 Å². The molecule has 0 bridgehead atoms. The fourth-order valence-electron chi connectivity index (χ4n) is 2.44. The third-order valence-corrected chi connectivity index (χ3v) is 2.82. The Bertz CT molecular complexity index is 171. The lowest BCUT2D eigenvalue weighted by Crippen LogP contribution is -2.34. The van der Waals surface area contributed by atoms with E-state index < -0.39 is 0 Å². The van der Waals surface area contributed by atoms with Gasteiger partial charge in [-0.2, -0.15) is 0 Å². The zero-order valence-electron chi connectivity index (χ0n) is 8.68. The van der Waals surface area contributed by atoms with Crippen molar-refractivity contribution in [2.45, 2.75) is 47.0 Å². The van der Waals surface area contributed by atoms with Gasteiger partial charge in [-0.05, 0) is 30.6 Å². The van der Waals surface area contributed by atoms with Gasteiger partial charge in [0, 0.05) is 5.41 Å². The van der Waals surface area contributed by atoms with Crippen LogP contribution >= 0.6 is 0 Å². The minimum atomic E-state index is -0.0961. The second-order valence-corrected chi connectivity index (χ2v) is 5.75. The maximum Gasteiger partial charge on any atom is 0.125 e. The van der Waals surface area contributed by atoms with Crippen LogP contribution in [0.3, 0.4) is 0 Å². The van der Waals surface area contributed by atoms with E-state index in [0.29, 0.717) is 5.41 Å². The maximum absolute atomic E-state index is 10.7. The molecule has 12 heavy (non-hydrogen) atoms. The van der Waals surface area contributed by atoms with Gasteiger partial charge < -0.3 is 4.79 Å². The van der Waals surface area contributed by atoms with E-state index in [1.807, 2.05) is 13.8 Å². The molecular formula is C11H20O. The van der Waals surface area contributed by atoms with Crippen LogP contribution < -0.4 is 0 Å². The highest BCUT2D eigenvalue weighted by molar-refractivity contribution is 5.57. The maximum atomic E-state index is 10.7. The van der Waals surface area contributed by atoms with Gasteiger partial charge in [0.1, 0.15) is 6.29 Å². The van der Waals surface area contributed by atoms with Crippen molar-refractivity contribution in [3.8, 4) is 0 Å². The molecule has 1 aliphatic rings. The molecule has 0 amide bonds. The average Bonchev–Trinajstić information content (AvgIpc) is 1.83. The van der Waals surface area contributed by atoms with Gasteiger partial charge in [-0.15, -0.1) is 0 Å². The monoisotopic (exact) mass is 168 g/mol. The Morgan fingerprint density at radius 3 is 2.25 bits per heavy atom. The summed E-state index contributed by atoms with van der Waals surface area (Å²) in [5, 5.41) is 0. The molecule has 0 atom stereocenters. The molecule has 0 spiro atoms. The van der Waals surface area contributed by atoms with Crippen molar-refractivity contribution in [1.29, 1.82) is 0 Å². The fraction of sp³-hybridized carbons (Fsp3) is 0.909. The summed E-state index contributed by atoms with van der Waals surface area (Å²) in [4.78, 5) is 10.7. The van der Waals surface area contributed by atoms with Crippen LogP contribution in [-0.4, -0.2) is 6.29 Å². The van der Waals surface area contributed by atoms with Crippen LogP contribution in [0, 0.1) is 16.7 Å². The Balaban J connectivity index is 2.32. The zero-order valence-corrected chi connectivity index (χ0v) is 8.68. The third-order valence-electron chi connectivity index (χ3n) is 2.82. The van der Waals surface area contributed by atoms with E-state index in [9.17, 15) is 4.79 Å². The molecule has 1 rings (SSSR count). The number of aldehydes is 1. The lowest BCUT2D eigenvalue weighted by molar-refractivity contribution is -0.116. The summed E-state index contributed by atoms with van der Waals surface area (Å²) in [6.45, 7) is 8.67. The van der Waals surface area contributed by atoms with Crippen LogP contribution in [0.15, 0.2) is 0 Å². The van der Waals surface area contributed by atoms with E-state index in [0.717, 1.165) is 18.6 Å². The highest BCUT2D eigenvalue weighted by Crippen LogP contribution is 2.48. The fourth-order valence-corrected chi connectivity index (χ4v) is 2.44. The summed E-state index contributed by atoms with van der Waals surface area (Å²) in [6, 6.07) is 0. The van der Waals surface area contributed by atoms with E-state index in [1.165, 1.54) is 12.8 Å². The summed E-state index contributed by atoms with van der Waals surface area (Å²) >= 11 is 0. The molecule has 1 fully saturated rings. The minimum Gasteiger partial charge on any atom is -0.303 e. The number of hydrogen-bond acceptors (Lipinski definition) is 1. The normalized spacial score (nSPS) is 23.3. The molecule has 0 saturated heterocycles. The molecule has 0 aromatic rings. The summed E-state index contributed by atoms with van der Waals surface area (Å²) in [7, 11) is 0. The lowest BCUT2D eigenvalue weighted by atomic mass is 9.61. The predicted molar refractivity (Wildman–Crippen MR) is 51.0 cm³/mol. The first-order valence-electron chi connectivity index (χ1n) is 4.81. The Morgan fingerprint density at radius 2 is 1.92 bits per heavy atom. The van der Waals surface area contributed by atoms with E-state index in [4.69, 9.17) is 0 Å². The van der Waals surface area contributed by atoms with E-state index >= 15 is 0 Å². The molecule has 1 aliphatic carbocycles. The van der Waals surface area contributed by atoms with Crippen LogP contribution in [0.2, 0.25) is 0 Å². The number of carbonyl (C=O) groups excluding carboxylic acids is 1. The Kier molecular flexibility index (Phi) is 2.33. The van der Waals surface area contributed by atoms with Crippen LogP contribution in [0.5, 0.6) is 0 Å². The largest absolute Gasteiger partial charge is 0.303 e. The highest BCUT2D eigenvalue weighted by atomic mass is 16.1. The minimum absolute atomic E-state index is 0.0961. The third kappa shape index (κ3) is 2.33. The average molecular weight is 168 g/mol. The molecule has 0 unspecified atom stereocenters. The van der Waals surface area contributed by atoms with Gasteiger partial charge >= 0.3 is 0 Å². The zero-order chi connectivity index (χ0) is 9.41. The molecule has 0 aromatic heterocycles. The Labute approximate surface area is 75.5 Å². The van der Waals surface area contributed by atoms with Crippen molar-refractivity contribution in [2.75, 3.05) is 0 Å². The van der Waals surface area contributed by atoms with Gasteiger partial charge in [0.25, 0.3) is 0 Å². The van der Waals surface area contributed by atoms with Crippen LogP contribution in [0.25, 0.3) is 0 Å². The quantitative estimate of drug-likeness (QED) is 0.592. The summed E-state index contributed by atoms with van der Waals surface area (Å²) in [5.74, 6) is 0.792. The molecule has 1 saturated carbocycles. The van der Waals surface area contributed by atoms with Crippen molar-refractivity contribution in [1.82, 2.24) is 0 Å². The Morgan fingerprint density at radius 1 is 1.42 bits per heavy atom. The highest BCUT2D eigenvalue weighted by Gasteiger charge is 2.38. The molecular weight excluding hydrogens is 148 g/mol. The van der Waals surface area contributed by atoms with E-state index in [2.05, 4.69) is 13.8 Å². The molecule has 0 N–H and O–H groups in total. The Hall–Kier alpha value is -0.330. The van der Waals surface area contributed by atoms with Crippen molar-refractivity contribution in [3.63, 3.8) is 0 Å². The summed E-state index contributed by atoms with van der Waals surface area (Å²) < 4.78 is 0. The van der Waals surface area contributed by atoms with Crippen LogP contribution in [-0.2, 0) is 4.79 Å². The number of rotatable bonds is 3. The molecule has 1 heteroatoms. The summed E-state index contributed by atoms with van der Waals surface area (Å²) in [5.41, 5.74) is 0.449. The molecule has 0 heterocycles. The topological polar surface area (TPSA) is 17.1 Å². The predicted octanol–water partition coefficient (Wildman–Crippen LogP) is 3.04. The lowest BCUT2D eigenvalue weighted by Gasteiger charge is -2.44. The number of carbonyl (C=O) groups is 1. The van der Waals surface area contributed by atoms with Gasteiger partial charge in [-0.25, -0.2) is 0 Å². The van der Waals surface area contributed by atoms with Gasteiger partial charge in [0.2, 0.25) is 0 Å². The SMILES string of the molecule is CC(C)(C=O)CC1CC(C)(C)C1. The second-order valence-electron chi connectivity index (χ2n) is 5.75. The van der Waals surface area contributed by atoms with Gasteiger partial charge in [-0.3, -0.25) is 0 Å². The molecule has 0 radical (unpaired) electrons. The molecule has 1 nitrogen and oxygen atoms in total. The van der Waals surface area contributed by atoms with E-state index in [-0.39, 0.29) is 5.41 Å². The molecule has 0 aromatic carbocycles. The number of hydrogen-bond donors (Lipinski definition) is 0. The van der Waals surface area contributed by atoms with Crippen LogP contribution in [0.4, 0.5) is 0 Å². The first-order valence-corrected chi connectivity index (χ1v) is 4.81.